The average molecular weight is 328 g/mol. The summed E-state index contributed by atoms with van der Waals surface area (Å²) in [7, 11) is 1.86. The number of carbonyl (C=O) groups is 1. The molecule has 128 valence electrons. The van der Waals surface area contributed by atoms with Gasteiger partial charge >= 0.3 is 6.03 Å². The van der Waals surface area contributed by atoms with Crippen LogP contribution in [0, 0.1) is 6.92 Å². The number of hydrogen-bond acceptors (Lipinski definition) is 3. The molecule has 2 N–H and O–H groups in total. The van der Waals surface area contributed by atoms with Crippen molar-refractivity contribution in [2.75, 3.05) is 6.61 Å². The van der Waals surface area contributed by atoms with Crippen LogP contribution in [0.5, 0.6) is 5.75 Å². The van der Waals surface area contributed by atoms with Gasteiger partial charge in [-0.1, -0.05) is 30.9 Å². The monoisotopic (exact) mass is 328 g/mol. The minimum Gasteiger partial charge on any atom is -0.489 e. The van der Waals surface area contributed by atoms with Gasteiger partial charge in [0.1, 0.15) is 12.4 Å². The van der Waals surface area contributed by atoms with Crippen LogP contribution in [-0.4, -0.2) is 22.4 Å². The molecule has 0 unspecified atom stereocenters. The number of nitrogens with one attached hydrogen (secondary N) is 2. The Morgan fingerprint density at radius 2 is 2.21 bits per heavy atom. The van der Waals surface area contributed by atoms with E-state index in [4.69, 9.17) is 4.74 Å². The van der Waals surface area contributed by atoms with Gasteiger partial charge in [0.25, 0.3) is 0 Å². The van der Waals surface area contributed by atoms with Crippen molar-refractivity contribution in [3.05, 3.63) is 59.9 Å². The van der Waals surface area contributed by atoms with E-state index in [-0.39, 0.29) is 12.1 Å². The Morgan fingerprint density at radius 1 is 1.46 bits per heavy atom. The van der Waals surface area contributed by atoms with Crippen molar-refractivity contribution in [2.24, 2.45) is 7.05 Å². The summed E-state index contributed by atoms with van der Waals surface area (Å²) in [5, 5.41) is 10.1. The molecule has 6 nitrogen and oxygen atoms in total. The molecule has 0 aliphatic carbocycles. The minimum atomic E-state index is -0.232. The van der Waals surface area contributed by atoms with Crippen LogP contribution in [0.25, 0.3) is 0 Å². The third kappa shape index (κ3) is 4.62. The van der Waals surface area contributed by atoms with Crippen molar-refractivity contribution in [3.8, 4) is 5.75 Å². The molecule has 1 aromatic carbocycles. The predicted octanol–water partition coefficient (Wildman–Crippen LogP) is 2.85. The number of hydrogen-bond donors (Lipinski definition) is 2. The first kappa shape index (κ1) is 17.6. The molecule has 0 spiro atoms. The third-order valence-electron chi connectivity index (χ3n) is 3.63. The van der Waals surface area contributed by atoms with E-state index in [1.807, 2.05) is 51.4 Å². The van der Waals surface area contributed by atoms with Gasteiger partial charge in [0.15, 0.2) is 0 Å². The van der Waals surface area contributed by atoms with Crippen LogP contribution in [0.4, 0.5) is 4.79 Å². The average Bonchev–Trinajstić information content (AvgIpc) is 2.90. The van der Waals surface area contributed by atoms with Gasteiger partial charge in [-0.2, -0.15) is 5.10 Å². The van der Waals surface area contributed by atoms with Crippen LogP contribution < -0.4 is 15.4 Å². The van der Waals surface area contributed by atoms with Crippen LogP contribution in [0.3, 0.4) is 0 Å². The molecule has 0 bridgehead atoms. The van der Waals surface area contributed by atoms with E-state index in [2.05, 4.69) is 22.3 Å². The van der Waals surface area contributed by atoms with Crippen molar-refractivity contribution in [1.82, 2.24) is 20.4 Å². The minimum absolute atomic E-state index is 0.119. The second kappa shape index (κ2) is 8.19. The SMILES string of the molecule is C=CCOc1ccccc1CNC(=O)N[C@H](C)c1cn(C)nc1C. The molecule has 24 heavy (non-hydrogen) atoms. The number of rotatable bonds is 7. The summed E-state index contributed by atoms with van der Waals surface area (Å²) >= 11 is 0. The summed E-state index contributed by atoms with van der Waals surface area (Å²) in [5.74, 6) is 0.744. The molecule has 2 amide bonds. The zero-order valence-electron chi connectivity index (χ0n) is 14.4. The van der Waals surface area contributed by atoms with E-state index in [0.717, 1.165) is 22.6 Å². The highest BCUT2D eigenvalue weighted by Crippen LogP contribution is 2.18. The fraction of sp³-hybridized carbons (Fsp3) is 0.333. The van der Waals surface area contributed by atoms with Crippen LogP contribution in [0.1, 0.15) is 29.8 Å². The van der Waals surface area contributed by atoms with Gasteiger partial charge in [-0.15, -0.1) is 0 Å². The van der Waals surface area contributed by atoms with Gasteiger partial charge in [0.05, 0.1) is 11.7 Å². The van der Waals surface area contributed by atoms with Gasteiger partial charge in [-0.3, -0.25) is 4.68 Å². The van der Waals surface area contributed by atoms with Gasteiger partial charge in [0, 0.05) is 30.9 Å². The summed E-state index contributed by atoms with van der Waals surface area (Å²) in [5.41, 5.74) is 2.83. The van der Waals surface area contributed by atoms with E-state index in [1.54, 1.807) is 10.8 Å². The lowest BCUT2D eigenvalue weighted by molar-refractivity contribution is 0.237. The van der Waals surface area contributed by atoms with E-state index < -0.39 is 0 Å². The largest absolute Gasteiger partial charge is 0.489 e. The quantitative estimate of drug-likeness (QED) is 0.768. The molecule has 1 aromatic heterocycles. The second-order valence-electron chi connectivity index (χ2n) is 5.60. The first-order valence-electron chi connectivity index (χ1n) is 7.87. The van der Waals surface area contributed by atoms with Crippen molar-refractivity contribution in [2.45, 2.75) is 26.4 Å². The van der Waals surface area contributed by atoms with E-state index in [0.29, 0.717) is 13.2 Å². The van der Waals surface area contributed by atoms with Crippen molar-refractivity contribution in [1.29, 1.82) is 0 Å². The molecule has 0 aliphatic heterocycles. The predicted molar refractivity (Wildman–Crippen MR) is 93.9 cm³/mol. The number of urea groups is 1. The second-order valence-corrected chi connectivity index (χ2v) is 5.60. The van der Waals surface area contributed by atoms with Crippen LogP contribution in [-0.2, 0) is 13.6 Å². The van der Waals surface area contributed by atoms with Crippen molar-refractivity contribution in [3.63, 3.8) is 0 Å². The summed E-state index contributed by atoms with van der Waals surface area (Å²) in [6.07, 6.45) is 3.60. The molecule has 0 aliphatic rings. The van der Waals surface area contributed by atoms with E-state index in [1.165, 1.54) is 0 Å². The molecule has 1 atom stereocenters. The highest BCUT2D eigenvalue weighted by atomic mass is 16.5. The number of ether oxygens (including phenoxy) is 1. The van der Waals surface area contributed by atoms with Crippen molar-refractivity contribution >= 4 is 6.03 Å². The molecular formula is C18H24N4O2. The molecular weight excluding hydrogens is 304 g/mol. The highest BCUT2D eigenvalue weighted by Gasteiger charge is 2.14. The zero-order chi connectivity index (χ0) is 17.5. The molecule has 6 heteroatoms. The molecule has 2 rings (SSSR count). The van der Waals surface area contributed by atoms with Crippen LogP contribution in [0.15, 0.2) is 43.1 Å². The topological polar surface area (TPSA) is 68.2 Å². The lowest BCUT2D eigenvalue weighted by atomic mass is 10.1. The van der Waals surface area contributed by atoms with Gasteiger partial charge in [0.2, 0.25) is 0 Å². The van der Waals surface area contributed by atoms with Gasteiger partial charge in [-0.05, 0) is 19.9 Å². The Kier molecular flexibility index (Phi) is 6.01. The van der Waals surface area contributed by atoms with Gasteiger partial charge in [-0.25, -0.2) is 4.79 Å². The summed E-state index contributed by atoms with van der Waals surface area (Å²) in [6.45, 7) is 8.32. The Morgan fingerprint density at radius 3 is 2.88 bits per heavy atom. The maximum atomic E-state index is 12.1. The zero-order valence-corrected chi connectivity index (χ0v) is 14.4. The number of para-hydroxylation sites is 1. The summed E-state index contributed by atoms with van der Waals surface area (Å²) < 4.78 is 7.33. The van der Waals surface area contributed by atoms with Crippen LogP contribution in [0.2, 0.25) is 0 Å². The van der Waals surface area contributed by atoms with E-state index in [9.17, 15) is 4.79 Å². The number of carbonyl (C=O) groups excluding carboxylic acids is 1. The fourth-order valence-electron chi connectivity index (χ4n) is 2.48. The molecule has 0 saturated carbocycles. The number of aryl methyl sites for hydroxylation is 2. The first-order valence-corrected chi connectivity index (χ1v) is 7.87. The van der Waals surface area contributed by atoms with Crippen molar-refractivity contribution < 1.29 is 9.53 Å². The Labute approximate surface area is 142 Å². The standard InChI is InChI=1S/C18H24N4O2/c1-5-10-24-17-9-7-6-8-15(17)11-19-18(23)20-13(2)16-12-22(4)21-14(16)3/h5-9,12-13H,1,10-11H2,2-4H3,(H2,19,20,23)/t13-/m1/s1. The fourth-order valence-corrected chi connectivity index (χ4v) is 2.48. The maximum absolute atomic E-state index is 12.1. The number of amides is 2. The molecule has 1 heterocycles. The number of benzene rings is 1. The first-order chi connectivity index (χ1) is 11.5. The lowest BCUT2D eigenvalue weighted by Crippen LogP contribution is -2.36. The Balaban J connectivity index is 1.91. The summed E-state index contributed by atoms with van der Waals surface area (Å²) in [6, 6.07) is 7.26. The van der Waals surface area contributed by atoms with Gasteiger partial charge < -0.3 is 15.4 Å². The molecule has 0 fully saturated rings. The summed E-state index contributed by atoms with van der Waals surface area (Å²) in [4.78, 5) is 12.1. The third-order valence-corrected chi connectivity index (χ3v) is 3.63. The lowest BCUT2D eigenvalue weighted by Gasteiger charge is -2.15. The normalized spacial score (nSPS) is 11.6. The molecule has 0 radical (unpaired) electrons. The van der Waals surface area contributed by atoms with E-state index >= 15 is 0 Å². The Bertz CT molecular complexity index is 709. The highest BCUT2D eigenvalue weighted by molar-refractivity contribution is 5.74. The Hall–Kier alpha value is -2.76. The number of aromatic nitrogens is 2. The van der Waals surface area contributed by atoms with Crippen LogP contribution >= 0.6 is 0 Å². The molecule has 0 saturated heterocycles. The smallest absolute Gasteiger partial charge is 0.315 e. The maximum Gasteiger partial charge on any atom is 0.315 e. The number of nitrogens with zero attached hydrogens (tertiary/aromatic N) is 2. The molecule has 2 aromatic rings.